The largest absolute Gasteiger partial charge is 0.484 e. The first-order chi connectivity index (χ1) is 12.1. The molecule has 1 atom stereocenters. The third-order valence-corrected chi connectivity index (χ3v) is 5.17. The van der Waals surface area contributed by atoms with E-state index in [1.54, 1.807) is 47.5 Å². The molecule has 25 heavy (non-hydrogen) atoms. The molecule has 1 aromatic heterocycles. The molecule has 3 rings (SSSR count). The zero-order valence-electron chi connectivity index (χ0n) is 14.0. The molecule has 5 nitrogen and oxygen atoms in total. The summed E-state index contributed by atoms with van der Waals surface area (Å²) >= 11 is 1.59. The molecule has 1 amide bonds. The Hall–Kier alpha value is -2.91. The number of hydrogen-bond acceptors (Lipinski definition) is 5. The molecular weight excluding hydrogens is 334 g/mol. The minimum absolute atomic E-state index is 0.0827. The summed E-state index contributed by atoms with van der Waals surface area (Å²) in [6.45, 7) is 1.87. The first-order valence-corrected chi connectivity index (χ1v) is 8.64. The fourth-order valence-electron chi connectivity index (χ4n) is 2.35. The summed E-state index contributed by atoms with van der Waals surface area (Å²) in [7, 11) is 1.74. The number of rotatable bonds is 5. The van der Waals surface area contributed by atoms with Crippen LogP contribution in [0.3, 0.4) is 0 Å². The van der Waals surface area contributed by atoms with Crippen molar-refractivity contribution in [2.75, 3.05) is 13.7 Å². The standard InChI is InChI=1S/C19H17N3O2S/c1-13(19-21-16-8-3-4-9-17(16)25-19)22(2)18(23)12-24-15-7-5-6-14(10-15)11-20/h3-10,13H,12H2,1-2H3/t13-/m1/s1. The number of amides is 1. The first kappa shape index (κ1) is 16.9. The van der Waals surface area contributed by atoms with Crippen LogP contribution >= 0.6 is 11.3 Å². The molecule has 0 saturated heterocycles. The number of hydrogen-bond donors (Lipinski definition) is 0. The van der Waals surface area contributed by atoms with Gasteiger partial charge in [0.1, 0.15) is 10.8 Å². The Bertz CT molecular complexity index is 912. The van der Waals surface area contributed by atoms with Crippen LogP contribution in [0.25, 0.3) is 10.2 Å². The van der Waals surface area contributed by atoms with Gasteiger partial charge in [-0.3, -0.25) is 4.79 Å². The quantitative estimate of drug-likeness (QED) is 0.702. The van der Waals surface area contributed by atoms with Gasteiger partial charge in [0.2, 0.25) is 0 Å². The van der Waals surface area contributed by atoms with Crippen molar-refractivity contribution < 1.29 is 9.53 Å². The Labute approximate surface area is 150 Å². The number of nitrogens with zero attached hydrogens (tertiary/aromatic N) is 3. The van der Waals surface area contributed by atoms with E-state index in [1.165, 1.54) is 0 Å². The van der Waals surface area contributed by atoms with E-state index in [0.717, 1.165) is 15.2 Å². The van der Waals surface area contributed by atoms with Crippen LogP contribution in [0.5, 0.6) is 5.75 Å². The van der Waals surface area contributed by atoms with E-state index < -0.39 is 0 Å². The molecule has 0 aliphatic carbocycles. The van der Waals surface area contributed by atoms with Gasteiger partial charge in [0.15, 0.2) is 6.61 Å². The molecule has 0 aliphatic rings. The van der Waals surface area contributed by atoms with Gasteiger partial charge in [-0.1, -0.05) is 18.2 Å². The summed E-state index contributed by atoms with van der Waals surface area (Å²) in [5.41, 5.74) is 1.45. The van der Waals surface area contributed by atoms with Crippen LogP contribution < -0.4 is 4.74 Å². The molecule has 0 unspecified atom stereocenters. The molecule has 2 aromatic carbocycles. The van der Waals surface area contributed by atoms with Crippen molar-refractivity contribution in [2.24, 2.45) is 0 Å². The van der Waals surface area contributed by atoms with E-state index in [1.807, 2.05) is 37.3 Å². The van der Waals surface area contributed by atoms with Gasteiger partial charge < -0.3 is 9.64 Å². The van der Waals surface area contributed by atoms with Crippen LogP contribution in [0.1, 0.15) is 23.5 Å². The maximum Gasteiger partial charge on any atom is 0.260 e. The molecule has 0 spiro atoms. The molecule has 0 N–H and O–H groups in total. The minimum Gasteiger partial charge on any atom is -0.484 e. The lowest BCUT2D eigenvalue weighted by atomic mass is 10.2. The van der Waals surface area contributed by atoms with E-state index in [-0.39, 0.29) is 18.6 Å². The van der Waals surface area contributed by atoms with Crippen molar-refractivity contribution >= 4 is 27.5 Å². The fraction of sp³-hybridized carbons (Fsp3) is 0.211. The van der Waals surface area contributed by atoms with Crippen LogP contribution in [0.15, 0.2) is 48.5 Å². The average molecular weight is 351 g/mol. The number of fused-ring (bicyclic) bond motifs is 1. The van der Waals surface area contributed by atoms with Crippen LogP contribution in [-0.4, -0.2) is 29.4 Å². The highest BCUT2D eigenvalue weighted by atomic mass is 32.1. The van der Waals surface area contributed by atoms with Gasteiger partial charge in [0.25, 0.3) is 5.91 Å². The van der Waals surface area contributed by atoms with Crippen molar-refractivity contribution in [3.63, 3.8) is 0 Å². The van der Waals surface area contributed by atoms with Gasteiger partial charge in [0.05, 0.1) is 27.9 Å². The highest BCUT2D eigenvalue weighted by Crippen LogP contribution is 2.28. The molecule has 0 fully saturated rings. The van der Waals surface area contributed by atoms with E-state index in [2.05, 4.69) is 4.98 Å². The normalized spacial score (nSPS) is 11.7. The summed E-state index contributed by atoms with van der Waals surface area (Å²) in [5, 5.41) is 9.79. The summed E-state index contributed by atoms with van der Waals surface area (Å²) in [6.07, 6.45) is 0. The summed E-state index contributed by atoms with van der Waals surface area (Å²) in [5.74, 6) is 0.363. The average Bonchev–Trinajstić information content (AvgIpc) is 3.09. The predicted octanol–water partition coefficient (Wildman–Crippen LogP) is 3.77. The number of carbonyl (C=O) groups is 1. The zero-order chi connectivity index (χ0) is 17.8. The minimum atomic E-state index is -0.144. The topological polar surface area (TPSA) is 66.2 Å². The summed E-state index contributed by atoms with van der Waals surface area (Å²) in [4.78, 5) is 18.6. The second-order valence-corrected chi connectivity index (χ2v) is 6.69. The highest BCUT2D eigenvalue weighted by Gasteiger charge is 2.21. The molecule has 0 radical (unpaired) electrons. The van der Waals surface area contributed by atoms with E-state index >= 15 is 0 Å². The number of nitriles is 1. The second kappa shape index (κ2) is 7.32. The zero-order valence-corrected chi connectivity index (χ0v) is 14.8. The Morgan fingerprint density at radius 2 is 2.12 bits per heavy atom. The van der Waals surface area contributed by atoms with Crippen molar-refractivity contribution in [3.8, 4) is 11.8 Å². The van der Waals surface area contributed by atoms with E-state index in [4.69, 9.17) is 10.00 Å². The molecule has 1 heterocycles. The van der Waals surface area contributed by atoms with Gasteiger partial charge in [-0.05, 0) is 37.3 Å². The molecule has 0 aliphatic heterocycles. The third kappa shape index (κ3) is 3.78. The smallest absolute Gasteiger partial charge is 0.260 e. The van der Waals surface area contributed by atoms with Crippen LogP contribution in [-0.2, 0) is 4.79 Å². The number of aromatic nitrogens is 1. The van der Waals surface area contributed by atoms with Gasteiger partial charge in [0, 0.05) is 7.05 Å². The van der Waals surface area contributed by atoms with Crippen LogP contribution in [0, 0.1) is 11.3 Å². The van der Waals surface area contributed by atoms with Gasteiger partial charge in [-0.25, -0.2) is 4.98 Å². The molecule has 0 saturated carbocycles. The van der Waals surface area contributed by atoms with Crippen molar-refractivity contribution in [1.29, 1.82) is 5.26 Å². The molecule has 3 aromatic rings. The lowest BCUT2D eigenvalue weighted by Crippen LogP contribution is -2.33. The maximum atomic E-state index is 12.4. The monoisotopic (exact) mass is 351 g/mol. The first-order valence-electron chi connectivity index (χ1n) is 7.82. The Balaban J connectivity index is 1.65. The Kier molecular flexibility index (Phi) is 4.96. The van der Waals surface area contributed by atoms with Gasteiger partial charge in [-0.15, -0.1) is 11.3 Å². The summed E-state index contributed by atoms with van der Waals surface area (Å²) < 4.78 is 6.62. The second-order valence-electron chi connectivity index (χ2n) is 5.63. The molecule has 126 valence electrons. The third-order valence-electron chi connectivity index (χ3n) is 3.97. The molecule has 0 bridgehead atoms. The van der Waals surface area contributed by atoms with Crippen LogP contribution in [0.2, 0.25) is 0 Å². The van der Waals surface area contributed by atoms with Crippen molar-refractivity contribution in [1.82, 2.24) is 9.88 Å². The molecular formula is C19H17N3O2S. The fourth-order valence-corrected chi connectivity index (χ4v) is 3.42. The Morgan fingerprint density at radius 1 is 1.32 bits per heavy atom. The predicted molar refractivity (Wildman–Crippen MR) is 97.5 cm³/mol. The highest BCUT2D eigenvalue weighted by molar-refractivity contribution is 7.18. The number of carbonyl (C=O) groups excluding carboxylic acids is 1. The van der Waals surface area contributed by atoms with Crippen molar-refractivity contribution in [3.05, 3.63) is 59.1 Å². The molecule has 6 heteroatoms. The van der Waals surface area contributed by atoms with Crippen LogP contribution in [0.4, 0.5) is 0 Å². The number of para-hydroxylation sites is 1. The number of benzene rings is 2. The lowest BCUT2D eigenvalue weighted by Gasteiger charge is -2.23. The SMILES string of the molecule is C[C@H](c1nc2ccccc2s1)N(C)C(=O)COc1cccc(C#N)c1. The Morgan fingerprint density at radius 3 is 2.88 bits per heavy atom. The number of ether oxygens (including phenoxy) is 1. The maximum absolute atomic E-state index is 12.4. The summed E-state index contributed by atoms with van der Waals surface area (Å²) in [6, 6.07) is 16.6. The lowest BCUT2D eigenvalue weighted by molar-refractivity contribution is -0.134. The van der Waals surface area contributed by atoms with Gasteiger partial charge in [-0.2, -0.15) is 5.26 Å². The van der Waals surface area contributed by atoms with Crippen molar-refractivity contribution in [2.45, 2.75) is 13.0 Å². The van der Waals surface area contributed by atoms with Gasteiger partial charge >= 0.3 is 0 Å². The van der Waals surface area contributed by atoms with E-state index in [9.17, 15) is 4.79 Å². The number of likely N-dealkylation sites (N-methyl/N-ethyl adjacent to an activating group) is 1. The number of thiazole rings is 1. The van der Waals surface area contributed by atoms with E-state index in [0.29, 0.717) is 11.3 Å².